The molecule has 0 spiro atoms. The van der Waals surface area contributed by atoms with E-state index in [1.165, 1.54) is 0 Å². The fourth-order valence-electron chi connectivity index (χ4n) is 1.85. The van der Waals surface area contributed by atoms with Crippen molar-refractivity contribution in [3.63, 3.8) is 0 Å². The van der Waals surface area contributed by atoms with Crippen molar-refractivity contribution in [1.82, 2.24) is 0 Å². The van der Waals surface area contributed by atoms with Gasteiger partial charge in [-0.15, -0.1) is 12.4 Å². The standard InChI is InChI=1S/C14H11ClO2.ClH/c1-9-3-2-4-12(14(16)17)13(9)10-5-7-11(15)8-6-10;/h2-8H,1H3,(H,16,17);1H. The van der Waals surface area contributed by atoms with Gasteiger partial charge in [0.25, 0.3) is 0 Å². The van der Waals surface area contributed by atoms with E-state index < -0.39 is 5.97 Å². The van der Waals surface area contributed by atoms with Gasteiger partial charge in [0.2, 0.25) is 0 Å². The third-order valence-electron chi connectivity index (χ3n) is 2.64. The first-order valence-electron chi connectivity index (χ1n) is 5.18. The van der Waals surface area contributed by atoms with Crippen LogP contribution in [0.4, 0.5) is 0 Å². The first-order chi connectivity index (χ1) is 8.09. The molecular weight excluding hydrogens is 271 g/mol. The molecule has 0 fully saturated rings. The first-order valence-corrected chi connectivity index (χ1v) is 5.56. The van der Waals surface area contributed by atoms with Crippen molar-refractivity contribution >= 4 is 30.0 Å². The lowest BCUT2D eigenvalue weighted by Gasteiger charge is -2.09. The number of hydrogen-bond donors (Lipinski definition) is 1. The van der Waals surface area contributed by atoms with Crippen LogP contribution in [0.2, 0.25) is 5.02 Å². The van der Waals surface area contributed by atoms with E-state index in [9.17, 15) is 9.90 Å². The lowest BCUT2D eigenvalue weighted by molar-refractivity contribution is 0.0697. The van der Waals surface area contributed by atoms with Gasteiger partial charge in [-0.25, -0.2) is 4.79 Å². The van der Waals surface area contributed by atoms with Crippen molar-refractivity contribution in [2.75, 3.05) is 0 Å². The Morgan fingerprint density at radius 1 is 1.11 bits per heavy atom. The average molecular weight is 283 g/mol. The van der Waals surface area contributed by atoms with Gasteiger partial charge in [-0.3, -0.25) is 0 Å². The molecule has 0 aromatic heterocycles. The van der Waals surface area contributed by atoms with Gasteiger partial charge in [-0.1, -0.05) is 35.9 Å². The van der Waals surface area contributed by atoms with E-state index >= 15 is 0 Å². The van der Waals surface area contributed by atoms with Crippen molar-refractivity contribution < 1.29 is 9.90 Å². The van der Waals surface area contributed by atoms with Crippen LogP contribution in [0, 0.1) is 6.92 Å². The van der Waals surface area contributed by atoms with E-state index in [0.717, 1.165) is 16.7 Å². The van der Waals surface area contributed by atoms with Crippen molar-refractivity contribution in [3.8, 4) is 11.1 Å². The lowest BCUT2D eigenvalue weighted by atomic mass is 9.95. The largest absolute Gasteiger partial charge is 0.478 e. The molecule has 2 aromatic carbocycles. The van der Waals surface area contributed by atoms with Crippen LogP contribution in [-0.4, -0.2) is 11.1 Å². The van der Waals surface area contributed by atoms with Crippen molar-refractivity contribution in [2.45, 2.75) is 6.92 Å². The summed E-state index contributed by atoms with van der Waals surface area (Å²) in [6.07, 6.45) is 0. The molecule has 0 bridgehead atoms. The fraction of sp³-hybridized carbons (Fsp3) is 0.0714. The third kappa shape index (κ3) is 2.84. The van der Waals surface area contributed by atoms with Crippen molar-refractivity contribution in [3.05, 3.63) is 58.6 Å². The maximum absolute atomic E-state index is 11.2. The van der Waals surface area contributed by atoms with Gasteiger partial charge in [0.1, 0.15) is 0 Å². The van der Waals surface area contributed by atoms with Crippen LogP contribution in [0.1, 0.15) is 15.9 Å². The van der Waals surface area contributed by atoms with Gasteiger partial charge in [0, 0.05) is 5.02 Å². The summed E-state index contributed by atoms with van der Waals surface area (Å²) in [4.78, 5) is 11.2. The van der Waals surface area contributed by atoms with Gasteiger partial charge in [-0.05, 0) is 41.8 Å². The minimum absolute atomic E-state index is 0. The molecule has 2 aromatic rings. The predicted molar refractivity (Wildman–Crippen MR) is 75.8 cm³/mol. The second kappa shape index (κ2) is 5.89. The van der Waals surface area contributed by atoms with Crippen LogP contribution < -0.4 is 0 Å². The molecule has 0 aliphatic heterocycles. The van der Waals surface area contributed by atoms with E-state index in [-0.39, 0.29) is 12.4 Å². The molecule has 0 aliphatic rings. The van der Waals surface area contributed by atoms with Gasteiger partial charge in [0.05, 0.1) is 5.56 Å². The number of carbonyl (C=O) groups is 1. The van der Waals surface area contributed by atoms with E-state index in [1.807, 2.05) is 25.1 Å². The molecule has 4 heteroatoms. The zero-order chi connectivity index (χ0) is 12.4. The lowest BCUT2D eigenvalue weighted by Crippen LogP contribution is -2.00. The highest BCUT2D eigenvalue weighted by molar-refractivity contribution is 6.30. The smallest absolute Gasteiger partial charge is 0.336 e. The topological polar surface area (TPSA) is 37.3 Å². The van der Waals surface area contributed by atoms with E-state index in [0.29, 0.717) is 10.6 Å². The molecule has 0 aliphatic carbocycles. The highest BCUT2D eigenvalue weighted by Gasteiger charge is 2.13. The quantitative estimate of drug-likeness (QED) is 0.884. The number of rotatable bonds is 2. The molecule has 2 nitrogen and oxygen atoms in total. The monoisotopic (exact) mass is 282 g/mol. The van der Waals surface area contributed by atoms with E-state index in [4.69, 9.17) is 11.6 Å². The summed E-state index contributed by atoms with van der Waals surface area (Å²) < 4.78 is 0. The molecule has 2 rings (SSSR count). The Labute approximate surface area is 117 Å². The second-order valence-corrected chi connectivity index (χ2v) is 4.25. The molecule has 0 unspecified atom stereocenters. The summed E-state index contributed by atoms with van der Waals surface area (Å²) in [5, 5.41) is 9.82. The summed E-state index contributed by atoms with van der Waals surface area (Å²) in [5.74, 6) is -0.918. The molecule has 0 saturated carbocycles. The van der Waals surface area contributed by atoms with Crippen LogP contribution in [0.5, 0.6) is 0 Å². The fourth-order valence-corrected chi connectivity index (χ4v) is 1.97. The van der Waals surface area contributed by atoms with Crippen molar-refractivity contribution in [2.24, 2.45) is 0 Å². The number of halogens is 2. The summed E-state index contributed by atoms with van der Waals surface area (Å²) in [6, 6.07) is 12.4. The minimum atomic E-state index is -0.918. The minimum Gasteiger partial charge on any atom is -0.478 e. The highest BCUT2D eigenvalue weighted by atomic mass is 35.5. The molecule has 0 heterocycles. The normalized spacial score (nSPS) is 9.67. The van der Waals surface area contributed by atoms with Gasteiger partial charge in [-0.2, -0.15) is 0 Å². The molecule has 0 amide bonds. The third-order valence-corrected chi connectivity index (χ3v) is 2.89. The Morgan fingerprint density at radius 3 is 2.28 bits per heavy atom. The summed E-state index contributed by atoms with van der Waals surface area (Å²) in [5.41, 5.74) is 2.86. The molecular formula is C14H12Cl2O2. The number of aromatic carboxylic acids is 1. The van der Waals surface area contributed by atoms with Crippen molar-refractivity contribution in [1.29, 1.82) is 0 Å². The molecule has 0 saturated heterocycles. The zero-order valence-electron chi connectivity index (χ0n) is 9.68. The van der Waals surface area contributed by atoms with E-state index in [2.05, 4.69) is 0 Å². The maximum Gasteiger partial charge on any atom is 0.336 e. The van der Waals surface area contributed by atoms with Crippen LogP contribution >= 0.6 is 24.0 Å². The predicted octanol–water partition coefficient (Wildman–Crippen LogP) is 4.44. The van der Waals surface area contributed by atoms with Crippen LogP contribution in [0.25, 0.3) is 11.1 Å². The van der Waals surface area contributed by atoms with E-state index in [1.54, 1.807) is 24.3 Å². The Kier molecular flexibility index (Phi) is 4.76. The highest BCUT2D eigenvalue weighted by Crippen LogP contribution is 2.28. The Hall–Kier alpha value is -1.51. The number of aryl methyl sites for hydroxylation is 1. The number of carboxylic acids is 1. The molecule has 94 valence electrons. The summed E-state index contributed by atoms with van der Waals surface area (Å²) >= 11 is 5.82. The number of benzene rings is 2. The van der Waals surface area contributed by atoms with Crippen LogP contribution in [0.3, 0.4) is 0 Å². The number of carboxylic acid groups (broad SMARTS) is 1. The SMILES string of the molecule is Cc1cccc(C(=O)O)c1-c1ccc(Cl)cc1.Cl. The molecule has 0 atom stereocenters. The van der Waals surface area contributed by atoms with Gasteiger partial charge < -0.3 is 5.11 Å². The second-order valence-electron chi connectivity index (χ2n) is 3.81. The maximum atomic E-state index is 11.2. The molecule has 1 N–H and O–H groups in total. The average Bonchev–Trinajstić information content (AvgIpc) is 2.30. The summed E-state index contributed by atoms with van der Waals surface area (Å²) in [6.45, 7) is 1.90. The number of hydrogen-bond acceptors (Lipinski definition) is 1. The van der Waals surface area contributed by atoms with Crippen LogP contribution in [-0.2, 0) is 0 Å². The Balaban J connectivity index is 0.00000162. The summed E-state index contributed by atoms with van der Waals surface area (Å²) in [7, 11) is 0. The molecule has 18 heavy (non-hydrogen) atoms. The van der Waals surface area contributed by atoms with Gasteiger partial charge >= 0.3 is 5.97 Å². The Bertz CT molecular complexity index is 563. The van der Waals surface area contributed by atoms with Crippen LogP contribution in [0.15, 0.2) is 42.5 Å². The van der Waals surface area contributed by atoms with Gasteiger partial charge in [0.15, 0.2) is 0 Å². The molecule has 0 radical (unpaired) electrons. The first kappa shape index (κ1) is 14.6. The Morgan fingerprint density at radius 2 is 1.72 bits per heavy atom. The zero-order valence-corrected chi connectivity index (χ0v) is 11.3.